The quantitative estimate of drug-likeness (QED) is 0.683. The molecule has 0 aliphatic heterocycles. The van der Waals surface area contributed by atoms with Crippen LogP contribution in [0.5, 0.6) is 0 Å². The van der Waals surface area contributed by atoms with E-state index in [1.807, 2.05) is 19.1 Å². The molecule has 0 unspecified atom stereocenters. The maximum Gasteiger partial charge on any atom is 0.279 e. The first kappa shape index (κ1) is 13.5. The Bertz CT molecular complexity index is 898. The number of aryl methyl sites for hydroxylation is 1. The summed E-state index contributed by atoms with van der Waals surface area (Å²) in [6.07, 6.45) is 0. The lowest BCUT2D eigenvalue weighted by Gasteiger charge is -2.09. The van der Waals surface area contributed by atoms with Gasteiger partial charge in [-0.25, -0.2) is 0 Å². The molecule has 1 heterocycles. The van der Waals surface area contributed by atoms with Gasteiger partial charge in [0.25, 0.3) is 10.8 Å². The van der Waals surface area contributed by atoms with Crippen molar-refractivity contribution in [1.29, 1.82) is 0 Å². The second-order valence-corrected chi connectivity index (χ2v) is 5.06. The Kier molecular flexibility index (Phi) is 3.31. The minimum atomic E-state index is -0.688. The van der Waals surface area contributed by atoms with Crippen LogP contribution in [0.1, 0.15) is 16.1 Å². The molecule has 2 aromatic carbocycles. The summed E-state index contributed by atoms with van der Waals surface area (Å²) >= 11 is 5.60. The van der Waals surface area contributed by atoms with E-state index in [0.29, 0.717) is 16.5 Å². The predicted octanol–water partition coefficient (Wildman–Crippen LogP) is 3.07. The van der Waals surface area contributed by atoms with Crippen molar-refractivity contribution < 1.29 is 4.79 Å². The van der Waals surface area contributed by atoms with E-state index < -0.39 is 5.24 Å². The predicted molar refractivity (Wildman–Crippen MR) is 82.3 cm³/mol. The fourth-order valence-corrected chi connectivity index (χ4v) is 2.34. The van der Waals surface area contributed by atoms with Gasteiger partial charge in [-0.3, -0.25) is 9.59 Å². The van der Waals surface area contributed by atoms with Crippen molar-refractivity contribution in [3.63, 3.8) is 0 Å². The van der Waals surface area contributed by atoms with Crippen LogP contribution in [0.3, 0.4) is 0 Å². The van der Waals surface area contributed by atoms with Crippen molar-refractivity contribution in [1.82, 2.24) is 9.78 Å². The normalized spacial score (nSPS) is 10.8. The van der Waals surface area contributed by atoms with Gasteiger partial charge in [0.05, 0.1) is 11.1 Å². The number of carbonyl (C=O) groups excluding carboxylic acids is 1. The molecule has 0 N–H and O–H groups in total. The van der Waals surface area contributed by atoms with Gasteiger partial charge in [0.15, 0.2) is 5.69 Å². The first-order valence-electron chi connectivity index (χ1n) is 6.37. The van der Waals surface area contributed by atoms with Crippen LogP contribution in [-0.4, -0.2) is 15.0 Å². The van der Waals surface area contributed by atoms with Crippen molar-refractivity contribution in [2.45, 2.75) is 6.92 Å². The third-order valence-corrected chi connectivity index (χ3v) is 3.45. The second kappa shape index (κ2) is 5.14. The van der Waals surface area contributed by atoms with E-state index in [1.165, 1.54) is 4.68 Å². The molecule has 0 radical (unpaired) electrons. The SMILES string of the molecule is Cc1ccc(-n2nc(C(=O)Cl)c3ccccc3c2=O)cc1. The number of nitrogens with zero attached hydrogens (tertiary/aromatic N) is 2. The molecule has 3 aromatic rings. The van der Waals surface area contributed by atoms with Gasteiger partial charge in [0.1, 0.15) is 0 Å². The lowest BCUT2D eigenvalue weighted by Crippen LogP contribution is -2.23. The van der Waals surface area contributed by atoms with Gasteiger partial charge in [0.2, 0.25) is 0 Å². The average Bonchev–Trinajstić information content (AvgIpc) is 2.49. The van der Waals surface area contributed by atoms with E-state index in [2.05, 4.69) is 5.10 Å². The number of hydrogen-bond acceptors (Lipinski definition) is 3. The van der Waals surface area contributed by atoms with E-state index >= 15 is 0 Å². The van der Waals surface area contributed by atoms with Gasteiger partial charge >= 0.3 is 0 Å². The molecule has 21 heavy (non-hydrogen) atoms. The number of rotatable bonds is 2. The zero-order chi connectivity index (χ0) is 15.0. The molecular weight excluding hydrogens is 288 g/mol. The van der Waals surface area contributed by atoms with E-state index in [0.717, 1.165) is 5.56 Å². The largest absolute Gasteiger partial charge is 0.279 e. The summed E-state index contributed by atoms with van der Waals surface area (Å²) in [4.78, 5) is 24.1. The van der Waals surface area contributed by atoms with E-state index in [1.54, 1.807) is 36.4 Å². The minimum Gasteiger partial charge on any atom is -0.274 e. The van der Waals surface area contributed by atoms with Crippen LogP contribution in [0, 0.1) is 6.92 Å². The molecule has 1 aromatic heterocycles. The zero-order valence-corrected chi connectivity index (χ0v) is 12.0. The molecule has 4 nitrogen and oxygen atoms in total. The summed E-state index contributed by atoms with van der Waals surface area (Å²) in [5.74, 6) is 0. The van der Waals surface area contributed by atoms with Crippen molar-refractivity contribution in [3.05, 3.63) is 70.1 Å². The molecule has 3 rings (SSSR count). The van der Waals surface area contributed by atoms with Gasteiger partial charge < -0.3 is 0 Å². The molecule has 104 valence electrons. The molecule has 0 fully saturated rings. The van der Waals surface area contributed by atoms with Crippen LogP contribution in [0.2, 0.25) is 0 Å². The van der Waals surface area contributed by atoms with E-state index in [-0.39, 0.29) is 11.3 Å². The Morgan fingerprint density at radius 1 is 1.05 bits per heavy atom. The summed E-state index contributed by atoms with van der Waals surface area (Å²) in [5, 5.41) is 4.31. The molecular formula is C16H11ClN2O2. The Morgan fingerprint density at radius 3 is 2.29 bits per heavy atom. The van der Waals surface area contributed by atoms with Gasteiger partial charge in [-0.2, -0.15) is 9.78 Å². The highest BCUT2D eigenvalue weighted by Crippen LogP contribution is 2.16. The molecule has 0 atom stereocenters. The van der Waals surface area contributed by atoms with Crippen LogP contribution in [0.25, 0.3) is 16.5 Å². The topological polar surface area (TPSA) is 52.0 Å². The van der Waals surface area contributed by atoms with Crippen molar-refractivity contribution in [2.75, 3.05) is 0 Å². The Hall–Kier alpha value is -2.46. The van der Waals surface area contributed by atoms with Crippen LogP contribution in [0.15, 0.2) is 53.3 Å². The number of fused-ring (bicyclic) bond motifs is 1. The molecule has 0 bridgehead atoms. The first-order chi connectivity index (χ1) is 10.1. The number of halogens is 1. The Morgan fingerprint density at radius 2 is 1.67 bits per heavy atom. The fraction of sp³-hybridized carbons (Fsp3) is 0.0625. The maximum atomic E-state index is 12.5. The number of hydrogen-bond donors (Lipinski definition) is 0. The second-order valence-electron chi connectivity index (χ2n) is 4.72. The first-order valence-corrected chi connectivity index (χ1v) is 6.74. The molecule has 0 amide bonds. The number of carbonyl (C=O) groups is 1. The van der Waals surface area contributed by atoms with Crippen LogP contribution in [-0.2, 0) is 0 Å². The van der Waals surface area contributed by atoms with Gasteiger partial charge in [0, 0.05) is 5.39 Å². The standard InChI is InChI=1S/C16H11ClN2O2/c1-10-6-8-11(9-7-10)19-16(21)13-5-3-2-4-12(13)14(18-19)15(17)20/h2-9H,1H3. The van der Waals surface area contributed by atoms with Crippen molar-refractivity contribution in [3.8, 4) is 5.69 Å². The monoisotopic (exact) mass is 298 g/mol. The molecule has 5 heteroatoms. The summed E-state index contributed by atoms with van der Waals surface area (Å²) in [6.45, 7) is 1.95. The van der Waals surface area contributed by atoms with Crippen LogP contribution < -0.4 is 5.56 Å². The molecule has 0 aliphatic rings. The van der Waals surface area contributed by atoms with Gasteiger partial charge in [-0.15, -0.1) is 0 Å². The number of aromatic nitrogens is 2. The molecule has 0 aliphatic carbocycles. The highest BCUT2D eigenvalue weighted by molar-refractivity contribution is 6.68. The summed E-state index contributed by atoms with van der Waals surface area (Å²) in [5.41, 5.74) is 1.46. The van der Waals surface area contributed by atoms with E-state index in [4.69, 9.17) is 11.6 Å². The van der Waals surface area contributed by atoms with Gasteiger partial charge in [-0.1, -0.05) is 35.9 Å². The van der Waals surface area contributed by atoms with Crippen molar-refractivity contribution in [2.24, 2.45) is 0 Å². The van der Waals surface area contributed by atoms with Crippen molar-refractivity contribution >= 4 is 27.6 Å². The third kappa shape index (κ3) is 2.34. The van der Waals surface area contributed by atoms with Crippen LogP contribution >= 0.6 is 11.6 Å². The lowest BCUT2D eigenvalue weighted by molar-refractivity contribution is 0.107. The zero-order valence-electron chi connectivity index (χ0n) is 11.2. The highest BCUT2D eigenvalue weighted by Gasteiger charge is 2.15. The molecule has 0 spiro atoms. The highest BCUT2D eigenvalue weighted by atomic mass is 35.5. The van der Waals surface area contributed by atoms with E-state index in [9.17, 15) is 9.59 Å². The fourth-order valence-electron chi connectivity index (χ4n) is 2.20. The summed E-state index contributed by atoms with van der Waals surface area (Å²) in [7, 11) is 0. The minimum absolute atomic E-state index is 0.0763. The summed E-state index contributed by atoms with van der Waals surface area (Å²) < 4.78 is 1.21. The maximum absolute atomic E-state index is 12.5. The lowest BCUT2D eigenvalue weighted by atomic mass is 10.1. The van der Waals surface area contributed by atoms with Crippen LogP contribution in [0.4, 0.5) is 0 Å². The summed E-state index contributed by atoms with van der Waals surface area (Å²) in [6, 6.07) is 14.1. The number of benzene rings is 2. The molecule has 0 saturated carbocycles. The Balaban J connectivity index is 2.39. The average molecular weight is 299 g/mol. The Labute approximate surface area is 125 Å². The third-order valence-electron chi connectivity index (χ3n) is 3.27. The molecule has 0 saturated heterocycles. The smallest absolute Gasteiger partial charge is 0.274 e. The van der Waals surface area contributed by atoms with Gasteiger partial charge in [-0.05, 0) is 36.7 Å².